The molecular weight excluding hydrogens is 223 g/mol. The third kappa shape index (κ3) is 4.36. The van der Waals surface area contributed by atoms with Gasteiger partial charge in [0.05, 0.1) is 9.84 Å². The molecule has 0 radical (unpaired) electrons. The molecule has 9 heavy (non-hydrogen) atoms. The minimum atomic E-state index is -0.245. The molecule has 48 valence electrons. The number of terminal acetylenes is 1. The summed E-state index contributed by atoms with van der Waals surface area (Å²) in [6.07, 6.45) is 5.19. The molecule has 0 N–H and O–H groups in total. The van der Waals surface area contributed by atoms with E-state index in [1.165, 1.54) is 0 Å². The zero-order valence-corrected chi connectivity index (χ0v) is 7.82. The lowest BCUT2D eigenvalue weighted by Crippen LogP contribution is -2.02. The van der Waals surface area contributed by atoms with Crippen LogP contribution in [0.25, 0.3) is 0 Å². The molecule has 0 atom stereocenters. The first kappa shape index (κ1) is 8.85. The van der Waals surface area contributed by atoms with Crippen molar-refractivity contribution < 1.29 is 0 Å². The molecule has 1 heteroatoms. The first-order valence-corrected chi connectivity index (χ1v) is 4.19. The second-order valence-electron chi connectivity index (χ2n) is 2.20. The molecule has 0 aliphatic heterocycles. The minimum absolute atomic E-state index is 0.245. The normalized spacial score (nSPS) is 9.11. The summed E-state index contributed by atoms with van der Waals surface area (Å²) in [6, 6.07) is 0. The lowest BCUT2D eigenvalue weighted by molar-refractivity contribution is 0.686. The van der Waals surface area contributed by atoms with E-state index in [0.717, 1.165) is 4.43 Å². The van der Waals surface area contributed by atoms with Crippen LogP contribution in [0.3, 0.4) is 0 Å². The van der Waals surface area contributed by atoms with Gasteiger partial charge >= 0.3 is 0 Å². The van der Waals surface area contributed by atoms with Crippen molar-refractivity contribution in [3.63, 3.8) is 0 Å². The molecule has 0 aromatic carbocycles. The molecule has 0 fully saturated rings. The Hall–Kier alpha value is -0.150. The predicted octanol–water partition coefficient (Wildman–Crippen LogP) is 2.08. The van der Waals surface area contributed by atoms with E-state index < -0.39 is 0 Å². The van der Waals surface area contributed by atoms with E-state index in [1.807, 2.05) is 13.8 Å². The van der Waals surface area contributed by atoms with E-state index >= 15 is 0 Å². The Morgan fingerprint density at radius 3 is 2.44 bits per heavy atom. The van der Waals surface area contributed by atoms with Gasteiger partial charge in [-0.2, -0.15) is 0 Å². The number of halogens is 1. The molecule has 0 amide bonds. The summed E-state index contributed by atoms with van der Waals surface area (Å²) in [7, 11) is 0. The topological polar surface area (TPSA) is 0 Å². The summed E-state index contributed by atoms with van der Waals surface area (Å²) >= 11 is 2.20. The van der Waals surface area contributed by atoms with Gasteiger partial charge in [0.1, 0.15) is 0 Å². The lowest BCUT2D eigenvalue weighted by atomic mass is 9.96. The molecule has 0 unspecified atom stereocenters. The minimum Gasteiger partial charge on any atom is -0.119 e. The zero-order valence-electron chi connectivity index (χ0n) is 5.66. The highest BCUT2D eigenvalue weighted by Gasteiger charge is 2.06. The molecule has 0 saturated carbocycles. The molecule has 0 aliphatic carbocycles. The van der Waals surface area contributed by atoms with Crippen LogP contribution in [0, 0.1) is 29.6 Å². The average molecular weight is 232 g/mol. The van der Waals surface area contributed by atoms with Gasteiger partial charge in [-0.1, -0.05) is 40.4 Å². The smallest absolute Gasteiger partial charge is 0.0860 e. The first-order chi connectivity index (χ1) is 4.12. The Kier molecular flexibility index (Phi) is 3.73. The highest BCUT2D eigenvalue weighted by molar-refractivity contribution is 14.1. The van der Waals surface area contributed by atoms with E-state index in [4.69, 9.17) is 6.42 Å². The molecule has 0 spiro atoms. The van der Waals surface area contributed by atoms with Crippen LogP contribution in [-0.4, -0.2) is 4.43 Å². The fourth-order valence-corrected chi connectivity index (χ4v) is 0.481. The Labute approximate surface area is 70.6 Å². The summed E-state index contributed by atoms with van der Waals surface area (Å²) in [5.41, 5.74) is -0.245. The Morgan fingerprint density at radius 2 is 2.11 bits per heavy atom. The number of hydrogen-bond acceptors (Lipinski definition) is 0. The zero-order chi connectivity index (χ0) is 7.33. The third-order valence-electron chi connectivity index (χ3n) is 0.829. The van der Waals surface area contributed by atoms with Crippen molar-refractivity contribution in [3.8, 4) is 24.2 Å². The van der Waals surface area contributed by atoms with Gasteiger partial charge in [0.25, 0.3) is 0 Å². The van der Waals surface area contributed by atoms with E-state index in [2.05, 4.69) is 40.4 Å². The van der Waals surface area contributed by atoms with Gasteiger partial charge in [0.2, 0.25) is 0 Å². The highest BCUT2D eigenvalue weighted by Crippen LogP contribution is 2.09. The van der Waals surface area contributed by atoms with Crippen molar-refractivity contribution in [2.75, 3.05) is 4.43 Å². The van der Waals surface area contributed by atoms with Crippen molar-refractivity contribution >= 4 is 22.6 Å². The Bertz CT molecular complexity index is 173. The van der Waals surface area contributed by atoms with Crippen molar-refractivity contribution in [1.29, 1.82) is 0 Å². The van der Waals surface area contributed by atoms with Crippen molar-refractivity contribution in [2.45, 2.75) is 13.8 Å². The Balaban J connectivity index is 4.05. The second-order valence-corrected chi connectivity index (χ2v) is 2.97. The van der Waals surface area contributed by atoms with Gasteiger partial charge in [-0.05, 0) is 13.8 Å². The number of alkyl halides is 1. The lowest BCUT2D eigenvalue weighted by Gasteiger charge is -2.05. The molecule has 0 rings (SSSR count). The summed E-state index contributed by atoms with van der Waals surface area (Å²) in [6.45, 7) is 3.87. The maximum atomic E-state index is 5.19. The van der Waals surface area contributed by atoms with Crippen LogP contribution in [0.5, 0.6) is 0 Å². The van der Waals surface area contributed by atoms with Crippen molar-refractivity contribution in [1.82, 2.24) is 0 Å². The maximum absolute atomic E-state index is 5.19. The summed E-state index contributed by atoms with van der Waals surface area (Å²) in [5, 5.41) is 0. The van der Waals surface area contributed by atoms with E-state index in [0.29, 0.717) is 0 Å². The van der Waals surface area contributed by atoms with Gasteiger partial charge in [-0.25, -0.2) is 0 Å². The average Bonchev–Trinajstić information content (AvgIpc) is 1.84. The van der Waals surface area contributed by atoms with E-state index in [1.54, 1.807) is 0 Å². The van der Waals surface area contributed by atoms with Crippen LogP contribution >= 0.6 is 22.6 Å². The quantitative estimate of drug-likeness (QED) is 0.341. The van der Waals surface area contributed by atoms with Crippen LogP contribution in [0.1, 0.15) is 13.8 Å². The van der Waals surface area contributed by atoms with Gasteiger partial charge < -0.3 is 0 Å². The van der Waals surface area contributed by atoms with Crippen LogP contribution < -0.4 is 0 Å². The van der Waals surface area contributed by atoms with E-state index in [9.17, 15) is 0 Å². The predicted molar refractivity (Wildman–Crippen MR) is 49.3 cm³/mol. The van der Waals surface area contributed by atoms with Crippen LogP contribution in [0.4, 0.5) is 0 Å². The SMILES string of the molecule is C#CC(C)(C)C#CCI. The van der Waals surface area contributed by atoms with Crippen molar-refractivity contribution in [2.24, 2.45) is 5.41 Å². The van der Waals surface area contributed by atoms with Crippen LogP contribution in [0.15, 0.2) is 0 Å². The Morgan fingerprint density at radius 1 is 1.56 bits per heavy atom. The summed E-state index contributed by atoms with van der Waals surface area (Å²) in [4.78, 5) is 0. The molecular formula is C8H9I. The van der Waals surface area contributed by atoms with E-state index in [-0.39, 0.29) is 5.41 Å². The van der Waals surface area contributed by atoms with Crippen molar-refractivity contribution in [3.05, 3.63) is 0 Å². The molecule has 0 aromatic rings. The van der Waals surface area contributed by atoms with Gasteiger partial charge in [0, 0.05) is 0 Å². The molecule has 0 saturated heterocycles. The summed E-state index contributed by atoms with van der Waals surface area (Å²) in [5.74, 6) is 8.50. The second kappa shape index (κ2) is 3.80. The number of hydrogen-bond donors (Lipinski definition) is 0. The molecule has 0 aliphatic rings. The number of rotatable bonds is 0. The third-order valence-corrected chi connectivity index (χ3v) is 1.21. The first-order valence-electron chi connectivity index (χ1n) is 2.66. The van der Waals surface area contributed by atoms with Crippen LogP contribution in [0.2, 0.25) is 0 Å². The molecule has 0 heterocycles. The molecule has 0 aromatic heterocycles. The van der Waals surface area contributed by atoms with Gasteiger partial charge in [-0.3, -0.25) is 0 Å². The highest BCUT2D eigenvalue weighted by atomic mass is 127. The van der Waals surface area contributed by atoms with Crippen LogP contribution in [-0.2, 0) is 0 Å². The maximum Gasteiger partial charge on any atom is 0.0860 e. The van der Waals surface area contributed by atoms with Gasteiger partial charge in [0.15, 0.2) is 0 Å². The van der Waals surface area contributed by atoms with Gasteiger partial charge in [-0.15, -0.1) is 6.42 Å². The fourth-order valence-electron chi connectivity index (χ4n) is 0.290. The molecule has 0 nitrogen and oxygen atoms in total. The largest absolute Gasteiger partial charge is 0.119 e. The fraction of sp³-hybridized carbons (Fsp3) is 0.500. The monoisotopic (exact) mass is 232 g/mol. The molecule has 0 bridgehead atoms. The summed E-state index contributed by atoms with van der Waals surface area (Å²) < 4.78 is 0.850. The standard InChI is InChI=1S/C8H9I/c1-4-8(2,3)6-5-7-9/h1H,7H2,2-3H3.